The molecule has 0 radical (unpaired) electrons. The van der Waals surface area contributed by atoms with E-state index in [9.17, 15) is 19.2 Å². The van der Waals surface area contributed by atoms with E-state index in [4.69, 9.17) is 21.1 Å². The third-order valence-corrected chi connectivity index (χ3v) is 5.25. The highest BCUT2D eigenvalue weighted by atomic mass is 35.5. The fourth-order valence-corrected chi connectivity index (χ4v) is 3.29. The van der Waals surface area contributed by atoms with Gasteiger partial charge in [0.25, 0.3) is 11.8 Å². The number of imide groups is 2. The second-order valence-electron chi connectivity index (χ2n) is 6.98. The smallest absolute Gasteiger partial charge is 0.335 e. The minimum absolute atomic E-state index is 0.132. The number of carbonyl (C=O) groups is 4. The highest BCUT2D eigenvalue weighted by molar-refractivity contribution is 6.39. The number of amides is 4. The summed E-state index contributed by atoms with van der Waals surface area (Å²) in [6, 6.07) is 13.0. The Hall–Kier alpha value is -4.17. The first-order chi connectivity index (χ1) is 15.2. The average molecular weight is 451 g/mol. The van der Waals surface area contributed by atoms with Crippen LogP contribution in [0.25, 0.3) is 17.4 Å². The van der Waals surface area contributed by atoms with Gasteiger partial charge in [0.2, 0.25) is 0 Å². The summed E-state index contributed by atoms with van der Waals surface area (Å²) in [6.07, 6.45) is 1.24. The van der Waals surface area contributed by atoms with Crippen LogP contribution in [0.15, 0.2) is 64.6 Å². The number of aromatic carboxylic acids is 1. The van der Waals surface area contributed by atoms with Crippen LogP contribution < -0.4 is 10.2 Å². The number of benzene rings is 2. The largest absolute Gasteiger partial charge is 0.478 e. The molecule has 1 aromatic heterocycles. The predicted molar refractivity (Wildman–Crippen MR) is 116 cm³/mol. The molecule has 0 unspecified atom stereocenters. The lowest BCUT2D eigenvalue weighted by atomic mass is 10.1. The lowest BCUT2D eigenvalue weighted by molar-refractivity contribution is -0.122. The Kier molecular flexibility index (Phi) is 5.38. The van der Waals surface area contributed by atoms with Crippen molar-refractivity contribution in [3.63, 3.8) is 0 Å². The van der Waals surface area contributed by atoms with Gasteiger partial charge in [0.1, 0.15) is 17.1 Å². The van der Waals surface area contributed by atoms with Crippen LogP contribution in [0, 0.1) is 6.92 Å². The molecule has 2 aromatic carbocycles. The van der Waals surface area contributed by atoms with E-state index >= 15 is 0 Å². The molecular weight excluding hydrogens is 436 g/mol. The number of furan rings is 1. The Morgan fingerprint density at radius 1 is 1.06 bits per heavy atom. The molecule has 2 heterocycles. The van der Waals surface area contributed by atoms with Gasteiger partial charge in [-0.1, -0.05) is 29.8 Å². The van der Waals surface area contributed by atoms with Crippen LogP contribution in [0.2, 0.25) is 5.02 Å². The van der Waals surface area contributed by atoms with Gasteiger partial charge in [0.15, 0.2) is 0 Å². The van der Waals surface area contributed by atoms with Gasteiger partial charge in [-0.25, -0.2) is 14.5 Å². The third kappa shape index (κ3) is 3.91. The second-order valence-corrected chi connectivity index (χ2v) is 7.38. The van der Waals surface area contributed by atoms with Crippen molar-refractivity contribution in [1.82, 2.24) is 5.32 Å². The molecule has 160 valence electrons. The molecule has 0 spiro atoms. The summed E-state index contributed by atoms with van der Waals surface area (Å²) in [5, 5.41) is 11.5. The second kappa shape index (κ2) is 8.16. The number of urea groups is 1. The van der Waals surface area contributed by atoms with Gasteiger partial charge < -0.3 is 9.52 Å². The Bertz CT molecular complexity index is 1310. The van der Waals surface area contributed by atoms with E-state index < -0.39 is 23.8 Å². The molecule has 8 nitrogen and oxygen atoms in total. The van der Waals surface area contributed by atoms with Crippen molar-refractivity contribution in [3.05, 3.63) is 82.1 Å². The van der Waals surface area contributed by atoms with Gasteiger partial charge in [-0.05, 0) is 55.0 Å². The topological polar surface area (TPSA) is 117 Å². The van der Waals surface area contributed by atoms with E-state index in [1.54, 1.807) is 43.3 Å². The first-order valence-electron chi connectivity index (χ1n) is 9.36. The highest BCUT2D eigenvalue weighted by Gasteiger charge is 2.37. The number of carboxylic acids is 1. The number of aryl methyl sites for hydroxylation is 1. The number of barbiturate groups is 1. The molecule has 1 aliphatic rings. The van der Waals surface area contributed by atoms with Crippen molar-refractivity contribution in [2.24, 2.45) is 0 Å². The lowest BCUT2D eigenvalue weighted by Gasteiger charge is -2.26. The molecule has 0 atom stereocenters. The molecule has 1 saturated heterocycles. The number of hydrogen-bond acceptors (Lipinski definition) is 5. The molecule has 4 rings (SSSR count). The molecule has 0 aliphatic carbocycles. The molecule has 1 fully saturated rings. The Morgan fingerprint density at radius 3 is 2.44 bits per heavy atom. The van der Waals surface area contributed by atoms with Gasteiger partial charge in [-0.2, -0.15) is 0 Å². The van der Waals surface area contributed by atoms with Crippen molar-refractivity contribution in [2.45, 2.75) is 6.92 Å². The van der Waals surface area contributed by atoms with Crippen molar-refractivity contribution in [3.8, 4) is 11.3 Å². The third-order valence-electron chi connectivity index (χ3n) is 4.85. The van der Waals surface area contributed by atoms with Gasteiger partial charge in [0.05, 0.1) is 11.3 Å². The number of carboxylic acid groups (broad SMARTS) is 1. The van der Waals surface area contributed by atoms with Crippen LogP contribution in [0.4, 0.5) is 10.5 Å². The van der Waals surface area contributed by atoms with Crippen molar-refractivity contribution in [2.75, 3.05) is 4.90 Å². The van der Waals surface area contributed by atoms with Crippen LogP contribution >= 0.6 is 11.6 Å². The molecule has 2 N–H and O–H groups in total. The van der Waals surface area contributed by atoms with Crippen molar-refractivity contribution >= 4 is 47.2 Å². The summed E-state index contributed by atoms with van der Waals surface area (Å²) < 4.78 is 5.69. The predicted octanol–water partition coefficient (Wildman–Crippen LogP) is 4.27. The number of nitrogens with one attached hydrogen (secondary N) is 1. The summed E-state index contributed by atoms with van der Waals surface area (Å²) in [6.45, 7) is 1.78. The number of anilines is 1. The van der Waals surface area contributed by atoms with Crippen molar-refractivity contribution in [1.29, 1.82) is 0 Å². The zero-order valence-electron chi connectivity index (χ0n) is 16.6. The van der Waals surface area contributed by atoms with E-state index in [0.717, 1.165) is 10.5 Å². The summed E-state index contributed by atoms with van der Waals surface area (Å²) in [5.41, 5.74) is 1.45. The van der Waals surface area contributed by atoms with Gasteiger partial charge in [-0.15, -0.1) is 0 Å². The molecule has 0 bridgehead atoms. The number of carbonyl (C=O) groups excluding carboxylic acids is 3. The van der Waals surface area contributed by atoms with Gasteiger partial charge >= 0.3 is 12.0 Å². The first kappa shape index (κ1) is 21.1. The summed E-state index contributed by atoms with van der Waals surface area (Å²) in [7, 11) is 0. The molecule has 1 aliphatic heterocycles. The molecule has 4 amide bonds. The Labute approximate surface area is 186 Å². The summed E-state index contributed by atoms with van der Waals surface area (Å²) >= 11 is 6.11. The molecular formula is C23H15ClN2O6. The normalized spacial score (nSPS) is 15.2. The molecule has 3 aromatic rings. The molecule has 32 heavy (non-hydrogen) atoms. The van der Waals surface area contributed by atoms with E-state index in [-0.39, 0.29) is 22.6 Å². The molecule has 0 saturated carbocycles. The first-order valence-corrected chi connectivity index (χ1v) is 9.73. The zero-order chi connectivity index (χ0) is 23.0. The summed E-state index contributed by atoms with van der Waals surface area (Å²) in [5.74, 6) is -2.09. The molecule has 9 heteroatoms. The maximum absolute atomic E-state index is 13.0. The minimum atomic E-state index is -1.04. The number of halogens is 1. The Morgan fingerprint density at radius 2 is 1.78 bits per heavy atom. The monoisotopic (exact) mass is 450 g/mol. The average Bonchev–Trinajstić information content (AvgIpc) is 3.22. The Balaban J connectivity index is 1.65. The van der Waals surface area contributed by atoms with Crippen LogP contribution in [0.3, 0.4) is 0 Å². The number of nitrogens with zero attached hydrogens (tertiary/aromatic N) is 1. The van der Waals surface area contributed by atoms with Crippen LogP contribution in [0.1, 0.15) is 21.7 Å². The van der Waals surface area contributed by atoms with Crippen LogP contribution in [0.5, 0.6) is 0 Å². The van der Waals surface area contributed by atoms with Crippen LogP contribution in [-0.2, 0) is 9.59 Å². The quantitative estimate of drug-likeness (QED) is 0.452. The minimum Gasteiger partial charge on any atom is -0.478 e. The standard InChI is InChI=1S/C23H15ClN2O6/c1-12-2-7-15(10-18(12)24)26-21(28)17(20(27)25-23(26)31)11-16-8-9-19(32-16)13-3-5-14(6-4-13)22(29)30/h2-11H,1H3,(H,29,30)(H,25,27,31). The van der Waals surface area contributed by atoms with Crippen LogP contribution in [-0.4, -0.2) is 28.9 Å². The van der Waals surface area contributed by atoms with Gasteiger partial charge in [0, 0.05) is 10.6 Å². The fraction of sp³-hybridized carbons (Fsp3) is 0.0435. The summed E-state index contributed by atoms with van der Waals surface area (Å²) in [4.78, 5) is 49.4. The highest BCUT2D eigenvalue weighted by Crippen LogP contribution is 2.28. The zero-order valence-corrected chi connectivity index (χ0v) is 17.3. The number of rotatable bonds is 4. The van der Waals surface area contributed by atoms with E-state index in [0.29, 0.717) is 16.3 Å². The SMILES string of the molecule is Cc1ccc(N2C(=O)NC(=O)C(=Cc3ccc(-c4ccc(C(=O)O)cc4)o3)C2=O)cc1Cl. The fourth-order valence-electron chi connectivity index (χ4n) is 3.12. The maximum Gasteiger partial charge on any atom is 0.335 e. The van der Waals surface area contributed by atoms with E-state index in [1.165, 1.54) is 24.3 Å². The maximum atomic E-state index is 13.0. The van der Waals surface area contributed by atoms with Gasteiger partial charge in [-0.3, -0.25) is 14.9 Å². The van der Waals surface area contributed by atoms with E-state index in [2.05, 4.69) is 5.32 Å². The lowest BCUT2D eigenvalue weighted by Crippen LogP contribution is -2.54. The van der Waals surface area contributed by atoms with Crippen molar-refractivity contribution < 1.29 is 28.7 Å². The number of hydrogen-bond donors (Lipinski definition) is 2. The van der Waals surface area contributed by atoms with E-state index in [1.807, 2.05) is 0 Å².